The van der Waals surface area contributed by atoms with Crippen LogP contribution in [0.3, 0.4) is 0 Å². The van der Waals surface area contributed by atoms with E-state index in [1.54, 1.807) is 19.1 Å². The van der Waals surface area contributed by atoms with E-state index < -0.39 is 12.0 Å². The third kappa shape index (κ3) is 3.96. The summed E-state index contributed by atoms with van der Waals surface area (Å²) in [6.07, 6.45) is 2.51. The van der Waals surface area contributed by atoms with Gasteiger partial charge in [-0.05, 0) is 62.1 Å². The average molecular weight is 409 g/mol. The summed E-state index contributed by atoms with van der Waals surface area (Å²) in [6.45, 7) is 1.63. The van der Waals surface area contributed by atoms with Gasteiger partial charge in [-0.1, -0.05) is 15.9 Å². The van der Waals surface area contributed by atoms with Crippen LogP contribution in [0.4, 0.5) is 0 Å². The molecule has 126 valence electrons. The number of hydrogen-bond acceptors (Lipinski definition) is 4. The van der Waals surface area contributed by atoms with E-state index in [1.165, 1.54) is 21.8 Å². The van der Waals surface area contributed by atoms with Crippen molar-refractivity contribution in [1.82, 2.24) is 10.9 Å². The minimum atomic E-state index is -0.722. The topological polar surface area (TPSA) is 67.4 Å². The van der Waals surface area contributed by atoms with Crippen LogP contribution in [-0.2, 0) is 17.6 Å². The highest BCUT2D eigenvalue weighted by Crippen LogP contribution is 2.30. The molecule has 2 aromatic rings. The molecule has 0 saturated heterocycles. The van der Waals surface area contributed by atoms with E-state index >= 15 is 0 Å². The summed E-state index contributed by atoms with van der Waals surface area (Å²) in [7, 11) is 0. The lowest BCUT2D eigenvalue weighted by molar-refractivity contribution is -0.128. The second-order valence-electron chi connectivity index (χ2n) is 5.57. The minimum Gasteiger partial charge on any atom is -0.481 e. The standard InChI is InChI=1S/C17H17BrN2O3S/c1-10(23-13-7-5-12(18)6-8-13)16(21)19-20-17(22)15-9-11-3-2-4-14(11)24-15/h5-10H,2-4H2,1H3,(H,19,21)(H,20,22)/t10-/m0/s1. The van der Waals surface area contributed by atoms with Crippen LogP contribution in [0.15, 0.2) is 34.8 Å². The molecule has 1 atom stereocenters. The Morgan fingerprint density at radius 1 is 1.21 bits per heavy atom. The third-order valence-electron chi connectivity index (χ3n) is 3.77. The second kappa shape index (κ2) is 7.36. The van der Waals surface area contributed by atoms with E-state index in [1.807, 2.05) is 18.2 Å². The number of thiophene rings is 1. The summed E-state index contributed by atoms with van der Waals surface area (Å²) in [5.74, 6) is -0.115. The first-order valence-corrected chi connectivity index (χ1v) is 9.28. The predicted octanol–water partition coefficient (Wildman–Crippen LogP) is 3.23. The summed E-state index contributed by atoms with van der Waals surface area (Å²) in [4.78, 5) is 26.0. The number of benzene rings is 1. The highest BCUT2D eigenvalue weighted by molar-refractivity contribution is 9.10. The Kier molecular flexibility index (Phi) is 5.20. The molecule has 1 aromatic carbocycles. The predicted molar refractivity (Wildman–Crippen MR) is 96.2 cm³/mol. The molecule has 2 N–H and O–H groups in total. The van der Waals surface area contributed by atoms with Gasteiger partial charge in [-0.25, -0.2) is 0 Å². The van der Waals surface area contributed by atoms with Crippen molar-refractivity contribution >= 4 is 39.1 Å². The molecule has 2 amide bonds. The second-order valence-corrected chi connectivity index (χ2v) is 7.62. The number of ether oxygens (including phenoxy) is 1. The van der Waals surface area contributed by atoms with Gasteiger partial charge in [0.05, 0.1) is 4.88 Å². The Morgan fingerprint density at radius 3 is 2.67 bits per heavy atom. The smallest absolute Gasteiger partial charge is 0.279 e. The van der Waals surface area contributed by atoms with Crippen molar-refractivity contribution in [3.63, 3.8) is 0 Å². The molecular formula is C17H17BrN2O3S. The van der Waals surface area contributed by atoms with Crippen molar-refractivity contribution in [3.05, 3.63) is 50.1 Å². The molecule has 3 rings (SSSR count). The Labute approximate surface area is 152 Å². The molecule has 0 radical (unpaired) electrons. The van der Waals surface area contributed by atoms with E-state index in [9.17, 15) is 9.59 Å². The van der Waals surface area contributed by atoms with Gasteiger partial charge in [-0.15, -0.1) is 11.3 Å². The number of carbonyl (C=O) groups is 2. The summed E-state index contributed by atoms with van der Waals surface area (Å²) in [5.41, 5.74) is 6.11. The van der Waals surface area contributed by atoms with Crippen LogP contribution in [0.5, 0.6) is 5.75 Å². The molecule has 0 fully saturated rings. The summed E-state index contributed by atoms with van der Waals surface area (Å²) in [6, 6.07) is 9.10. The lowest BCUT2D eigenvalue weighted by Gasteiger charge is -2.15. The van der Waals surface area contributed by atoms with E-state index in [0.717, 1.165) is 23.7 Å². The largest absolute Gasteiger partial charge is 0.481 e. The molecule has 0 unspecified atom stereocenters. The number of carbonyl (C=O) groups excluding carboxylic acids is 2. The number of nitrogens with one attached hydrogen (secondary N) is 2. The van der Waals surface area contributed by atoms with E-state index in [0.29, 0.717) is 10.6 Å². The van der Waals surface area contributed by atoms with Crippen LogP contribution < -0.4 is 15.6 Å². The summed E-state index contributed by atoms with van der Waals surface area (Å²) in [5, 5.41) is 0. The normalized spacial score (nSPS) is 13.9. The number of rotatable bonds is 4. The van der Waals surface area contributed by atoms with Crippen LogP contribution >= 0.6 is 27.3 Å². The van der Waals surface area contributed by atoms with Gasteiger partial charge >= 0.3 is 0 Å². The van der Waals surface area contributed by atoms with Crippen molar-refractivity contribution in [2.75, 3.05) is 0 Å². The Bertz CT molecular complexity index is 736. The maximum absolute atomic E-state index is 12.1. The molecule has 1 aliphatic carbocycles. The van der Waals surface area contributed by atoms with Crippen molar-refractivity contribution in [2.45, 2.75) is 32.3 Å². The number of aryl methyl sites for hydroxylation is 2. The molecule has 0 saturated carbocycles. The lowest BCUT2D eigenvalue weighted by Crippen LogP contribution is -2.47. The molecular weight excluding hydrogens is 392 g/mol. The molecule has 24 heavy (non-hydrogen) atoms. The van der Waals surface area contributed by atoms with Crippen LogP contribution in [0, 0.1) is 0 Å². The fourth-order valence-corrected chi connectivity index (χ4v) is 3.91. The van der Waals surface area contributed by atoms with Crippen LogP contribution in [-0.4, -0.2) is 17.9 Å². The van der Waals surface area contributed by atoms with Gasteiger partial charge in [-0.3, -0.25) is 20.4 Å². The molecule has 0 aliphatic heterocycles. The third-order valence-corrected chi connectivity index (χ3v) is 5.53. The van der Waals surface area contributed by atoms with Gasteiger partial charge in [0.1, 0.15) is 5.75 Å². The summed E-state index contributed by atoms with van der Waals surface area (Å²) < 4.78 is 6.47. The molecule has 1 heterocycles. The quantitative estimate of drug-likeness (QED) is 0.763. The lowest BCUT2D eigenvalue weighted by atomic mass is 10.2. The number of hydrogen-bond donors (Lipinski definition) is 2. The number of hydrazine groups is 1. The maximum Gasteiger partial charge on any atom is 0.279 e. The monoisotopic (exact) mass is 408 g/mol. The van der Waals surface area contributed by atoms with Gasteiger partial charge in [0.2, 0.25) is 0 Å². The van der Waals surface area contributed by atoms with Crippen molar-refractivity contribution in [3.8, 4) is 5.75 Å². The fraction of sp³-hybridized carbons (Fsp3) is 0.294. The zero-order valence-electron chi connectivity index (χ0n) is 13.1. The molecule has 5 nitrogen and oxygen atoms in total. The average Bonchev–Trinajstić information content (AvgIpc) is 3.16. The van der Waals surface area contributed by atoms with E-state index in [-0.39, 0.29) is 5.91 Å². The van der Waals surface area contributed by atoms with Gasteiger partial charge in [0.25, 0.3) is 11.8 Å². The molecule has 0 bridgehead atoms. The molecule has 0 spiro atoms. The van der Waals surface area contributed by atoms with Crippen LogP contribution in [0.2, 0.25) is 0 Å². The van der Waals surface area contributed by atoms with Crippen LogP contribution in [0.25, 0.3) is 0 Å². The highest BCUT2D eigenvalue weighted by Gasteiger charge is 2.20. The molecule has 7 heteroatoms. The van der Waals surface area contributed by atoms with E-state index in [2.05, 4.69) is 26.8 Å². The minimum absolute atomic E-state index is 0.293. The zero-order chi connectivity index (χ0) is 17.1. The summed E-state index contributed by atoms with van der Waals surface area (Å²) >= 11 is 4.83. The first-order valence-electron chi connectivity index (χ1n) is 7.67. The fourth-order valence-electron chi connectivity index (χ4n) is 2.49. The highest BCUT2D eigenvalue weighted by atomic mass is 79.9. The number of halogens is 1. The SMILES string of the molecule is C[C@H](Oc1ccc(Br)cc1)C(=O)NNC(=O)c1cc2c(s1)CCC2. The number of fused-ring (bicyclic) bond motifs is 1. The van der Waals surface area contributed by atoms with Gasteiger partial charge in [0.15, 0.2) is 6.10 Å². The van der Waals surface area contributed by atoms with E-state index in [4.69, 9.17) is 4.74 Å². The van der Waals surface area contributed by atoms with Gasteiger partial charge < -0.3 is 4.74 Å². The van der Waals surface area contributed by atoms with Gasteiger partial charge in [-0.2, -0.15) is 0 Å². The van der Waals surface area contributed by atoms with Crippen LogP contribution in [0.1, 0.15) is 33.5 Å². The zero-order valence-corrected chi connectivity index (χ0v) is 15.5. The first kappa shape index (κ1) is 17.0. The van der Waals surface area contributed by atoms with Crippen molar-refractivity contribution in [1.29, 1.82) is 0 Å². The molecule has 1 aromatic heterocycles. The van der Waals surface area contributed by atoms with Crippen molar-refractivity contribution in [2.24, 2.45) is 0 Å². The Morgan fingerprint density at radius 2 is 1.96 bits per heavy atom. The Hall–Kier alpha value is -1.86. The maximum atomic E-state index is 12.1. The first-order chi connectivity index (χ1) is 11.5. The van der Waals surface area contributed by atoms with Gasteiger partial charge in [0, 0.05) is 9.35 Å². The molecule has 1 aliphatic rings. The Balaban J connectivity index is 1.50. The number of amides is 2. The van der Waals surface area contributed by atoms with Crippen molar-refractivity contribution < 1.29 is 14.3 Å².